The third kappa shape index (κ3) is 2.87. The molecule has 0 aliphatic carbocycles. The van der Waals surface area contributed by atoms with E-state index in [0.717, 1.165) is 26.1 Å². The first-order valence-electron chi connectivity index (χ1n) is 6.96. The van der Waals surface area contributed by atoms with E-state index in [2.05, 4.69) is 16.8 Å². The first-order chi connectivity index (χ1) is 9.07. The van der Waals surface area contributed by atoms with Gasteiger partial charge in [0.25, 0.3) is 0 Å². The van der Waals surface area contributed by atoms with Crippen LogP contribution in [-0.2, 0) is 11.3 Å². The summed E-state index contributed by atoms with van der Waals surface area (Å²) in [5.74, 6) is 0.659. The fraction of sp³-hybridized carbons (Fsp3) is 0.714. The van der Waals surface area contributed by atoms with Crippen molar-refractivity contribution in [3.8, 4) is 0 Å². The van der Waals surface area contributed by atoms with E-state index in [4.69, 9.17) is 4.74 Å². The Morgan fingerprint density at radius 3 is 2.74 bits per heavy atom. The van der Waals surface area contributed by atoms with Gasteiger partial charge in [0.05, 0.1) is 18.8 Å². The summed E-state index contributed by atoms with van der Waals surface area (Å²) in [6.07, 6.45) is 4.58. The first-order valence-corrected chi connectivity index (χ1v) is 6.96. The monoisotopic (exact) mass is 265 g/mol. The SMILES string of the molecule is CCCn1ccnc1C(=O)C(C)(C)N1CCOCC1. The van der Waals surface area contributed by atoms with Gasteiger partial charge in [0.2, 0.25) is 5.78 Å². The molecule has 1 aromatic rings. The van der Waals surface area contributed by atoms with Crippen molar-refractivity contribution in [3.63, 3.8) is 0 Å². The molecule has 0 spiro atoms. The predicted octanol–water partition coefficient (Wildman–Crippen LogP) is 1.59. The Morgan fingerprint density at radius 2 is 2.11 bits per heavy atom. The highest BCUT2D eigenvalue weighted by molar-refractivity contribution is 6.00. The quantitative estimate of drug-likeness (QED) is 0.759. The molecule has 2 heterocycles. The van der Waals surface area contributed by atoms with E-state index < -0.39 is 5.54 Å². The van der Waals surface area contributed by atoms with Crippen molar-refractivity contribution in [3.05, 3.63) is 18.2 Å². The number of ketones is 1. The fourth-order valence-electron chi connectivity index (χ4n) is 2.48. The number of morpholine rings is 1. The van der Waals surface area contributed by atoms with Gasteiger partial charge in [0, 0.05) is 32.0 Å². The zero-order chi connectivity index (χ0) is 13.9. The largest absolute Gasteiger partial charge is 0.379 e. The predicted molar refractivity (Wildman–Crippen MR) is 73.3 cm³/mol. The van der Waals surface area contributed by atoms with Crippen LogP contribution in [0.1, 0.15) is 37.8 Å². The molecule has 2 rings (SSSR count). The smallest absolute Gasteiger partial charge is 0.217 e. The molecule has 1 aromatic heterocycles. The number of carbonyl (C=O) groups excluding carboxylic acids is 1. The van der Waals surface area contributed by atoms with Crippen molar-refractivity contribution in [2.24, 2.45) is 0 Å². The maximum Gasteiger partial charge on any atom is 0.217 e. The second-order valence-electron chi connectivity index (χ2n) is 5.43. The van der Waals surface area contributed by atoms with Crippen molar-refractivity contribution < 1.29 is 9.53 Å². The van der Waals surface area contributed by atoms with E-state index in [1.165, 1.54) is 0 Å². The van der Waals surface area contributed by atoms with Gasteiger partial charge in [-0.1, -0.05) is 6.92 Å². The number of ether oxygens (including phenoxy) is 1. The molecule has 1 aliphatic rings. The van der Waals surface area contributed by atoms with Crippen LogP contribution in [0.2, 0.25) is 0 Å². The summed E-state index contributed by atoms with van der Waals surface area (Å²) in [6, 6.07) is 0. The average Bonchev–Trinajstić information content (AvgIpc) is 2.87. The summed E-state index contributed by atoms with van der Waals surface area (Å²) in [6.45, 7) is 9.87. The van der Waals surface area contributed by atoms with Gasteiger partial charge in [-0.2, -0.15) is 0 Å². The molecule has 0 bridgehead atoms. The Balaban J connectivity index is 2.18. The summed E-state index contributed by atoms with van der Waals surface area (Å²) < 4.78 is 7.30. The van der Waals surface area contributed by atoms with E-state index >= 15 is 0 Å². The normalized spacial score (nSPS) is 17.6. The lowest BCUT2D eigenvalue weighted by Gasteiger charge is -2.39. The second kappa shape index (κ2) is 5.84. The van der Waals surface area contributed by atoms with Crippen molar-refractivity contribution >= 4 is 5.78 Å². The zero-order valence-corrected chi connectivity index (χ0v) is 12.1. The molecule has 0 atom stereocenters. The molecule has 0 N–H and O–H groups in total. The topological polar surface area (TPSA) is 47.4 Å². The number of imidazole rings is 1. The molecule has 1 aliphatic heterocycles. The van der Waals surface area contributed by atoms with E-state index in [0.29, 0.717) is 19.0 Å². The Hall–Kier alpha value is -1.20. The number of aromatic nitrogens is 2. The molecule has 106 valence electrons. The van der Waals surface area contributed by atoms with Crippen molar-refractivity contribution in [2.45, 2.75) is 39.3 Å². The Morgan fingerprint density at radius 1 is 1.42 bits per heavy atom. The molecule has 1 saturated heterocycles. The first kappa shape index (κ1) is 14.2. The maximum absolute atomic E-state index is 12.8. The van der Waals surface area contributed by atoms with Crippen LogP contribution in [0.3, 0.4) is 0 Å². The Bertz CT molecular complexity index is 434. The summed E-state index contributed by atoms with van der Waals surface area (Å²) in [4.78, 5) is 19.2. The second-order valence-corrected chi connectivity index (χ2v) is 5.43. The third-order valence-corrected chi connectivity index (χ3v) is 3.74. The molecule has 0 saturated carbocycles. The molecule has 5 nitrogen and oxygen atoms in total. The molecule has 19 heavy (non-hydrogen) atoms. The molecule has 0 unspecified atom stereocenters. The van der Waals surface area contributed by atoms with Gasteiger partial charge in [0.1, 0.15) is 0 Å². The minimum atomic E-state index is -0.527. The van der Waals surface area contributed by atoms with Gasteiger partial charge in [-0.25, -0.2) is 4.98 Å². The minimum Gasteiger partial charge on any atom is -0.379 e. The number of hydrogen-bond acceptors (Lipinski definition) is 4. The van der Waals surface area contributed by atoms with Crippen molar-refractivity contribution in [2.75, 3.05) is 26.3 Å². The summed E-state index contributed by atoms with van der Waals surface area (Å²) in [5.41, 5.74) is -0.527. The van der Waals surface area contributed by atoms with Crippen LogP contribution in [0.4, 0.5) is 0 Å². The van der Waals surface area contributed by atoms with Crippen LogP contribution in [-0.4, -0.2) is 52.1 Å². The Labute approximate surface area is 114 Å². The van der Waals surface area contributed by atoms with E-state index in [9.17, 15) is 4.79 Å². The van der Waals surface area contributed by atoms with Gasteiger partial charge < -0.3 is 9.30 Å². The average molecular weight is 265 g/mol. The Kier molecular flexibility index (Phi) is 4.37. The van der Waals surface area contributed by atoms with Crippen LogP contribution >= 0.6 is 0 Å². The lowest BCUT2D eigenvalue weighted by atomic mass is 9.95. The van der Waals surface area contributed by atoms with Crippen LogP contribution < -0.4 is 0 Å². The standard InChI is InChI=1S/C14H23N3O2/c1-4-6-16-7-5-15-13(16)12(18)14(2,3)17-8-10-19-11-9-17/h5,7H,4,6,8-11H2,1-3H3. The minimum absolute atomic E-state index is 0.0906. The highest BCUT2D eigenvalue weighted by atomic mass is 16.5. The van der Waals surface area contributed by atoms with Crippen LogP contribution in [0.5, 0.6) is 0 Å². The van der Waals surface area contributed by atoms with Gasteiger partial charge >= 0.3 is 0 Å². The lowest BCUT2D eigenvalue weighted by Crippen LogP contribution is -2.54. The van der Waals surface area contributed by atoms with Gasteiger partial charge in [0.15, 0.2) is 5.82 Å². The molecule has 5 heteroatoms. The van der Waals surface area contributed by atoms with Gasteiger partial charge in [-0.05, 0) is 20.3 Å². The zero-order valence-electron chi connectivity index (χ0n) is 12.1. The number of hydrogen-bond donors (Lipinski definition) is 0. The number of rotatable bonds is 5. The molecular formula is C14H23N3O2. The molecule has 0 radical (unpaired) electrons. The highest BCUT2D eigenvalue weighted by Crippen LogP contribution is 2.21. The molecular weight excluding hydrogens is 242 g/mol. The molecule has 0 amide bonds. The summed E-state index contributed by atoms with van der Waals surface area (Å²) >= 11 is 0. The number of carbonyl (C=O) groups is 1. The van der Waals surface area contributed by atoms with Gasteiger partial charge in [-0.3, -0.25) is 9.69 Å². The van der Waals surface area contributed by atoms with E-state index in [1.54, 1.807) is 6.20 Å². The number of aryl methyl sites for hydroxylation is 1. The molecule has 0 aromatic carbocycles. The van der Waals surface area contributed by atoms with Crippen LogP contribution in [0.25, 0.3) is 0 Å². The van der Waals surface area contributed by atoms with E-state index in [-0.39, 0.29) is 5.78 Å². The van der Waals surface area contributed by atoms with Gasteiger partial charge in [-0.15, -0.1) is 0 Å². The van der Waals surface area contributed by atoms with Crippen LogP contribution in [0.15, 0.2) is 12.4 Å². The van der Waals surface area contributed by atoms with E-state index in [1.807, 2.05) is 24.6 Å². The maximum atomic E-state index is 12.8. The summed E-state index contributed by atoms with van der Waals surface area (Å²) in [5, 5.41) is 0. The fourth-order valence-corrected chi connectivity index (χ4v) is 2.48. The third-order valence-electron chi connectivity index (χ3n) is 3.74. The van der Waals surface area contributed by atoms with Crippen molar-refractivity contribution in [1.29, 1.82) is 0 Å². The number of Topliss-reactive ketones (excluding diaryl/α,β-unsaturated/α-hetero) is 1. The summed E-state index contributed by atoms with van der Waals surface area (Å²) in [7, 11) is 0. The lowest BCUT2D eigenvalue weighted by molar-refractivity contribution is -0.00481. The van der Waals surface area contributed by atoms with Crippen LogP contribution in [0, 0.1) is 0 Å². The molecule has 1 fully saturated rings. The van der Waals surface area contributed by atoms with Crippen molar-refractivity contribution in [1.82, 2.24) is 14.5 Å². The number of nitrogens with zero attached hydrogens (tertiary/aromatic N) is 3. The highest BCUT2D eigenvalue weighted by Gasteiger charge is 2.37.